The maximum Gasteiger partial charge on any atom is 0.330 e. The van der Waals surface area contributed by atoms with E-state index in [-0.39, 0.29) is 18.0 Å². The molecule has 3 heterocycles. The molecule has 5 rings (SSSR count). The molecule has 14 heteroatoms. The van der Waals surface area contributed by atoms with E-state index in [0.29, 0.717) is 18.9 Å². The van der Waals surface area contributed by atoms with Crippen LogP contribution in [0.15, 0.2) is 52.1 Å². The molecule has 258 valence electrons. The minimum absolute atomic E-state index is 0.169. The minimum atomic E-state index is -0.906. The van der Waals surface area contributed by atoms with E-state index in [4.69, 9.17) is 0 Å². The number of carbonyl (C=O) groups excluding carboxylic acids is 2. The van der Waals surface area contributed by atoms with Gasteiger partial charge in [0.2, 0.25) is 11.8 Å². The molecule has 2 aliphatic heterocycles. The van der Waals surface area contributed by atoms with E-state index in [0.717, 1.165) is 85.0 Å². The summed E-state index contributed by atoms with van der Waals surface area (Å²) in [6.07, 6.45) is 0.251. The molecule has 0 saturated carbocycles. The Hall–Kier alpha value is -4.50. The maximum atomic E-state index is 13.6. The van der Waals surface area contributed by atoms with Gasteiger partial charge in [0.25, 0.3) is 5.56 Å². The van der Waals surface area contributed by atoms with Crippen molar-refractivity contribution in [1.82, 2.24) is 41.0 Å². The fourth-order valence-corrected chi connectivity index (χ4v) is 5.94. The lowest BCUT2D eigenvalue weighted by Gasteiger charge is -2.30. The lowest BCUT2D eigenvalue weighted by Crippen LogP contribution is -2.52. The van der Waals surface area contributed by atoms with E-state index in [1.54, 1.807) is 11.9 Å². The SMILES string of the molecule is Cc1cc2c(cc1C)N(C)c1[nH]c(=O)n(CC(=O)N[C@@H](Cc3ccccc3)C(=O)NCCN3CCNCCNCCNCC3)c(=O)c1N2. The van der Waals surface area contributed by atoms with Crippen molar-refractivity contribution in [2.24, 2.45) is 0 Å². The monoisotopic (exact) mass is 660 g/mol. The van der Waals surface area contributed by atoms with Gasteiger partial charge in [0.05, 0.1) is 11.4 Å². The minimum Gasteiger partial charge on any atom is -0.353 e. The number of nitrogens with zero attached hydrogens (tertiary/aromatic N) is 3. The van der Waals surface area contributed by atoms with Crippen molar-refractivity contribution in [3.05, 3.63) is 80.0 Å². The van der Waals surface area contributed by atoms with Crippen LogP contribution in [0.3, 0.4) is 0 Å². The molecule has 3 aromatic rings. The van der Waals surface area contributed by atoms with Crippen molar-refractivity contribution in [1.29, 1.82) is 0 Å². The second-order valence-corrected chi connectivity index (χ2v) is 12.4. The van der Waals surface area contributed by atoms with Crippen molar-refractivity contribution < 1.29 is 9.59 Å². The quantitative estimate of drug-likeness (QED) is 0.165. The van der Waals surface area contributed by atoms with Gasteiger partial charge in [0, 0.05) is 78.9 Å². The Labute approximate surface area is 280 Å². The highest BCUT2D eigenvalue weighted by molar-refractivity contribution is 5.90. The Bertz CT molecular complexity index is 1680. The number of aromatic amines is 1. The van der Waals surface area contributed by atoms with Gasteiger partial charge in [-0.05, 0) is 42.7 Å². The topological polar surface area (TPSA) is 168 Å². The summed E-state index contributed by atoms with van der Waals surface area (Å²) in [7, 11) is 1.78. The van der Waals surface area contributed by atoms with Crippen LogP contribution in [-0.2, 0) is 22.6 Å². The van der Waals surface area contributed by atoms with Crippen molar-refractivity contribution in [3.63, 3.8) is 0 Å². The van der Waals surface area contributed by atoms with E-state index in [9.17, 15) is 19.2 Å². The van der Waals surface area contributed by atoms with Gasteiger partial charge >= 0.3 is 5.69 Å². The number of nitrogens with one attached hydrogen (secondary N) is 7. The highest BCUT2D eigenvalue weighted by Gasteiger charge is 2.27. The van der Waals surface area contributed by atoms with Crippen LogP contribution in [0.2, 0.25) is 0 Å². The summed E-state index contributed by atoms with van der Waals surface area (Å²) >= 11 is 0. The number of anilines is 4. The molecule has 0 unspecified atom stereocenters. The Morgan fingerprint density at radius 1 is 0.896 bits per heavy atom. The van der Waals surface area contributed by atoms with Crippen LogP contribution in [0.5, 0.6) is 0 Å². The molecule has 1 aromatic heterocycles. The van der Waals surface area contributed by atoms with Gasteiger partial charge in [0.1, 0.15) is 24.1 Å². The second kappa shape index (κ2) is 16.6. The highest BCUT2D eigenvalue weighted by Crippen LogP contribution is 2.40. The Morgan fingerprint density at radius 2 is 1.54 bits per heavy atom. The molecule has 1 fully saturated rings. The summed E-state index contributed by atoms with van der Waals surface area (Å²) in [5.74, 6) is -0.634. The van der Waals surface area contributed by atoms with Crippen LogP contribution in [0.25, 0.3) is 0 Å². The molecule has 7 N–H and O–H groups in total. The summed E-state index contributed by atoms with van der Waals surface area (Å²) in [4.78, 5) is 60.4. The molecule has 1 atom stereocenters. The van der Waals surface area contributed by atoms with E-state index in [2.05, 4.69) is 41.8 Å². The zero-order chi connectivity index (χ0) is 34.0. The number of fused-ring (bicyclic) bond motifs is 2. The fraction of sp³-hybridized carbons (Fsp3) is 0.471. The van der Waals surface area contributed by atoms with E-state index >= 15 is 0 Å². The van der Waals surface area contributed by atoms with Crippen LogP contribution >= 0.6 is 0 Å². The summed E-state index contributed by atoms with van der Waals surface area (Å²) in [6.45, 7) is 11.5. The average molecular weight is 661 g/mol. The Kier molecular flexibility index (Phi) is 12.0. The zero-order valence-electron chi connectivity index (χ0n) is 28.1. The first-order valence-corrected chi connectivity index (χ1v) is 16.7. The summed E-state index contributed by atoms with van der Waals surface area (Å²) in [6, 6.07) is 12.4. The standard InChI is InChI=1S/C34H48N10O4/c1-23-19-26-28(20-24(23)2)42(3)31-30(40-26)33(47)44(34(48)41-31)22-29(45)39-27(21-25-7-5-4-6-8-25)32(46)38-15-18-43-16-13-36-11-9-35-10-12-37-14-17-43/h4-8,19-20,27,35-37,40H,9-18,21-22H2,1-3H3,(H,38,46)(H,39,45)(H,41,48)/t27-/m0/s1. The predicted octanol–water partition coefficient (Wildman–Crippen LogP) is -0.0936. The zero-order valence-corrected chi connectivity index (χ0v) is 28.1. The van der Waals surface area contributed by atoms with Crippen LogP contribution in [0.1, 0.15) is 16.7 Å². The van der Waals surface area contributed by atoms with E-state index < -0.39 is 29.7 Å². The maximum absolute atomic E-state index is 13.6. The van der Waals surface area contributed by atoms with Crippen molar-refractivity contribution >= 4 is 34.7 Å². The molecule has 1 saturated heterocycles. The first-order chi connectivity index (χ1) is 23.2. The van der Waals surface area contributed by atoms with Crippen LogP contribution < -0.4 is 48.0 Å². The molecule has 0 radical (unpaired) electrons. The van der Waals surface area contributed by atoms with Gasteiger partial charge in [-0.15, -0.1) is 0 Å². The first-order valence-electron chi connectivity index (χ1n) is 16.7. The third-order valence-corrected chi connectivity index (χ3v) is 8.86. The third kappa shape index (κ3) is 8.89. The average Bonchev–Trinajstić information content (AvgIpc) is 3.06. The van der Waals surface area contributed by atoms with Crippen molar-refractivity contribution in [2.75, 3.05) is 82.7 Å². The first kappa shape index (κ1) is 34.8. The van der Waals surface area contributed by atoms with Crippen molar-refractivity contribution in [3.8, 4) is 0 Å². The van der Waals surface area contributed by atoms with Crippen molar-refractivity contribution in [2.45, 2.75) is 32.9 Å². The number of H-pyrrole nitrogens is 1. The molecule has 0 spiro atoms. The molecule has 2 aromatic carbocycles. The van der Waals surface area contributed by atoms with Gasteiger partial charge in [-0.2, -0.15) is 0 Å². The molecule has 14 nitrogen and oxygen atoms in total. The molecular formula is C34H48N10O4. The summed E-state index contributed by atoms with van der Waals surface area (Å²) in [5, 5.41) is 19.2. The molecule has 2 aliphatic rings. The predicted molar refractivity (Wildman–Crippen MR) is 189 cm³/mol. The number of benzene rings is 2. The Balaban J connectivity index is 1.25. The number of rotatable bonds is 9. The highest BCUT2D eigenvalue weighted by atomic mass is 16.2. The van der Waals surface area contributed by atoms with Crippen LogP contribution in [-0.4, -0.2) is 105 Å². The Morgan fingerprint density at radius 3 is 2.23 bits per heavy atom. The van der Waals surface area contributed by atoms with Gasteiger partial charge < -0.3 is 36.8 Å². The lowest BCUT2D eigenvalue weighted by molar-refractivity contribution is -0.129. The number of aromatic nitrogens is 2. The largest absolute Gasteiger partial charge is 0.353 e. The van der Waals surface area contributed by atoms with Crippen LogP contribution in [0, 0.1) is 13.8 Å². The van der Waals surface area contributed by atoms with Crippen LogP contribution in [0.4, 0.5) is 22.9 Å². The number of hydrogen-bond donors (Lipinski definition) is 7. The number of carbonyl (C=O) groups is 2. The molecular weight excluding hydrogens is 612 g/mol. The number of amides is 2. The summed E-state index contributed by atoms with van der Waals surface area (Å²) in [5.41, 5.74) is 3.37. The fourth-order valence-electron chi connectivity index (χ4n) is 5.94. The van der Waals surface area contributed by atoms with Gasteiger partial charge in [-0.1, -0.05) is 30.3 Å². The van der Waals surface area contributed by atoms with E-state index in [1.807, 2.05) is 56.3 Å². The molecule has 0 aliphatic carbocycles. The normalized spacial score (nSPS) is 16.4. The molecule has 48 heavy (non-hydrogen) atoms. The van der Waals surface area contributed by atoms with E-state index in [1.165, 1.54) is 0 Å². The van der Waals surface area contributed by atoms with Gasteiger partial charge in [-0.3, -0.25) is 24.3 Å². The molecule has 0 bridgehead atoms. The number of hydrogen-bond acceptors (Lipinski definition) is 10. The van der Waals surface area contributed by atoms with Gasteiger partial charge in [-0.25, -0.2) is 9.36 Å². The number of aryl methyl sites for hydroxylation is 2. The van der Waals surface area contributed by atoms with Gasteiger partial charge in [0.15, 0.2) is 0 Å². The second-order valence-electron chi connectivity index (χ2n) is 12.4. The lowest BCUT2D eigenvalue weighted by atomic mass is 10.1. The molecule has 2 amide bonds. The summed E-state index contributed by atoms with van der Waals surface area (Å²) < 4.78 is 0.855. The smallest absolute Gasteiger partial charge is 0.330 e. The third-order valence-electron chi connectivity index (χ3n) is 8.86.